The number of anilines is 1. The smallest absolute Gasteiger partial charge is 0.131 e. The van der Waals surface area contributed by atoms with E-state index in [0.29, 0.717) is 17.2 Å². The van der Waals surface area contributed by atoms with E-state index in [1.165, 1.54) is 23.9 Å². The summed E-state index contributed by atoms with van der Waals surface area (Å²) in [5.74, 6) is 0. The van der Waals surface area contributed by atoms with Crippen LogP contribution in [0.15, 0.2) is 30.3 Å². The average molecular weight is 275 g/mol. The van der Waals surface area contributed by atoms with Gasteiger partial charge in [0.05, 0.1) is 30.8 Å². The summed E-state index contributed by atoms with van der Waals surface area (Å²) in [4.78, 5) is 6.91. The second-order valence-corrected chi connectivity index (χ2v) is 5.70. The quantitative estimate of drug-likeness (QED) is 0.747. The molecular formula is C15H15ClN2O. The second kappa shape index (κ2) is 4.36. The summed E-state index contributed by atoms with van der Waals surface area (Å²) in [6.45, 7) is 1.65. The molecule has 4 heteroatoms. The van der Waals surface area contributed by atoms with Crippen LogP contribution in [0.1, 0.15) is 12.8 Å². The molecule has 2 aliphatic rings. The van der Waals surface area contributed by atoms with Crippen molar-refractivity contribution in [2.24, 2.45) is 0 Å². The van der Waals surface area contributed by atoms with E-state index in [1.807, 2.05) is 18.2 Å². The Labute approximate surface area is 117 Å². The first-order valence-corrected chi connectivity index (χ1v) is 7.12. The molecule has 2 atom stereocenters. The fourth-order valence-corrected chi connectivity index (χ4v) is 3.56. The molecule has 0 radical (unpaired) electrons. The number of rotatable bonds is 1. The van der Waals surface area contributed by atoms with Gasteiger partial charge in [-0.15, -0.1) is 0 Å². The molecule has 1 aromatic heterocycles. The highest BCUT2D eigenvalue weighted by Gasteiger charge is 2.38. The van der Waals surface area contributed by atoms with Crippen molar-refractivity contribution in [3.8, 4) is 0 Å². The highest BCUT2D eigenvalue weighted by Crippen LogP contribution is 2.38. The van der Waals surface area contributed by atoms with E-state index in [1.54, 1.807) is 0 Å². The maximum atomic E-state index is 6.19. The lowest BCUT2D eigenvalue weighted by atomic mass is 10.1. The molecule has 0 N–H and O–H groups in total. The third-order valence-corrected chi connectivity index (χ3v) is 4.38. The highest BCUT2D eigenvalue weighted by atomic mass is 35.5. The minimum atomic E-state index is 0.487. The predicted molar refractivity (Wildman–Crippen MR) is 76.9 cm³/mol. The number of ether oxygens (including phenoxy) is 1. The van der Waals surface area contributed by atoms with Gasteiger partial charge >= 0.3 is 0 Å². The van der Waals surface area contributed by atoms with Gasteiger partial charge in [0.2, 0.25) is 0 Å². The average Bonchev–Trinajstić information content (AvgIpc) is 2.67. The fraction of sp³-hybridized carbons (Fsp3) is 0.400. The van der Waals surface area contributed by atoms with E-state index in [9.17, 15) is 0 Å². The van der Waals surface area contributed by atoms with Gasteiger partial charge in [-0.1, -0.05) is 29.8 Å². The molecule has 0 amide bonds. The van der Waals surface area contributed by atoms with Gasteiger partial charge in [0, 0.05) is 11.1 Å². The maximum Gasteiger partial charge on any atom is 0.131 e. The maximum absolute atomic E-state index is 6.19. The third kappa shape index (κ3) is 1.80. The van der Waals surface area contributed by atoms with E-state index in [4.69, 9.17) is 16.3 Å². The first-order chi connectivity index (χ1) is 9.33. The van der Waals surface area contributed by atoms with Gasteiger partial charge in [0.25, 0.3) is 0 Å². The molecule has 2 bridgehead atoms. The van der Waals surface area contributed by atoms with E-state index in [-0.39, 0.29) is 0 Å². The summed E-state index contributed by atoms with van der Waals surface area (Å²) in [6.07, 6.45) is 2.41. The molecular weight excluding hydrogens is 260 g/mol. The lowest BCUT2D eigenvalue weighted by molar-refractivity contribution is 0.0908. The zero-order valence-corrected chi connectivity index (χ0v) is 11.3. The summed E-state index contributed by atoms with van der Waals surface area (Å²) >= 11 is 6.19. The van der Waals surface area contributed by atoms with Crippen molar-refractivity contribution < 1.29 is 4.74 Å². The molecule has 19 heavy (non-hydrogen) atoms. The van der Waals surface area contributed by atoms with Crippen LogP contribution >= 0.6 is 11.6 Å². The number of hydrogen-bond donors (Lipinski definition) is 0. The second-order valence-electron chi connectivity index (χ2n) is 5.31. The summed E-state index contributed by atoms with van der Waals surface area (Å²) in [6, 6.07) is 11.2. The molecule has 2 fully saturated rings. The number of para-hydroxylation sites is 1. The van der Waals surface area contributed by atoms with Gasteiger partial charge in [0.15, 0.2) is 0 Å². The van der Waals surface area contributed by atoms with Crippen molar-refractivity contribution >= 4 is 28.2 Å². The van der Waals surface area contributed by atoms with Crippen molar-refractivity contribution in [3.63, 3.8) is 0 Å². The Morgan fingerprint density at radius 3 is 2.68 bits per heavy atom. The number of hydrogen-bond acceptors (Lipinski definition) is 3. The van der Waals surface area contributed by atoms with Gasteiger partial charge in [-0.25, -0.2) is 4.98 Å². The molecule has 98 valence electrons. The number of halogens is 1. The lowest BCUT2D eigenvalue weighted by Crippen LogP contribution is -2.46. The van der Waals surface area contributed by atoms with Crippen molar-refractivity contribution in [3.05, 3.63) is 35.5 Å². The summed E-state index contributed by atoms with van der Waals surface area (Å²) in [7, 11) is 0. The van der Waals surface area contributed by atoms with Crippen LogP contribution in [0.3, 0.4) is 0 Å². The van der Waals surface area contributed by atoms with Gasteiger partial charge < -0.3 is 9.64 Å². The number of fused-ring (bicyclic) bond motifs is 3. The number of pyridine rings is 1. The minimum absolute atomic E-state index is 0.487. The molecule has 3 nitrogen and oxygen atoms in total. The normalized spacial score (nSPS) is 26.1. The van der Waals surface area contributed by atoms with Crippen LogP contribution < -0.4 is 4.90 Å². The van der Waals surface area contributed by atoms with Crippen LogP contribution in [-0.4, -0.2) is 30.3 Å². The Morgan fingerprint density at radius 1 is 1.16 bits per heavy atom. The van der Waals surface area contributed by atoms with E-state index in [2.05, 4.69) is 22.0 Å². The number of nitrogens with zero attached hydrogens (tertiary/aromatic N) is 2. The Kier molecular flexibility index (Phi) is 2.64. The largest absolute Gasteiger partial charge is 0.377 e. The first-order valence-electron chi connectivity index (χ1n) is 6.74. The molecule has 3 heterocycles. The SMILES string of the molecule is Clc1cc(N2C3CCC2COC3)c2ccccc2n1. The highest BCUT2D eigenvalue weighted by molar-refractivity contribution is 6.30. The van der Waals surface area contributed by atoms with Crippen LogP contribution in [-0.2, 0) is 4.74 Å². The van der Waals surface area contributed by atoms with Crippen molar-refractivity contribution in [2.45, 2.75) is 24.9 Å². The third-order valence-electron chi connectivity index (χ3n) is 4.18. The summed E-state index contributed by atoms with van der Waals surface area (Å²) < 4.78 is 5.66. The molecule has 0 saturated carbocycles. The van der Waals surface area contributed by atoms with Crippen LogP contribution in [0, 0.1) is 0 Å². The van der Waals surface area contributed by atoms with E-state index < -0.39 is 0 Å². The Balaban J connectivity index is 1.91. The monoisotopic (exact) mass is 274 g/mol. The zero-order valence-electron chi connectivity index (χ0n) is 10.6. The van der Waals surface area contributed by atoms with Gasteiger partial charge in [-0.3, -0.25) is 0 Å². The molecule has 2 aromatic rings. The first kappa shape index (κ1) is 11.5. The molecule has 1 aromatic carbocycles. The predicted octanol–water partition coefficient (Wildman–Crippen LogP) is 3.26. The van der Waals surface area contributed by atoms with E-state index in [0.717, 1.165) is 18.7 Å². The van der Waals surface area contributed by atoms with Gasteiger partial charge in [0.1, 0.15) is 5.15 Å². The standard InChI is InChI=1S/C15H15ClN2O/c16-15-7-14(12-3-1-2-4-13(12)17-15)18-10-5-6-11(18)9-19-8-10/h1-4,7,10-11H,5-6,8-9H2. The fourth-order valence-electron chi connectivity index (χ4n) is 3.36. The van der Waals surface area contributed by atoms with Crippen molar-refractivity contribution in [1.29, 1.82) is 0 Å². The number of aromatic nitrogens is 1. The molecule has 4 rings (SSSR count). The zero-order chi connectivity index (χ0) is 12.8. The van der Waals surface area contributed by atoms with Crippen LogP contribution in [0.2, 0.25) is 5.15 Å². The summed E-state index contributed by atoms with van der Waals surface area (Å²) in [5, 5.41) is 1.75. The number of benzene rings is 1. The van der Waals surface area contributed by atoms with Gasteiger partial charge in [-0.2, -0.15) is 0 Å². The Morgan fingerprint density at radius 2 is 1.89 bits per heavy atom. The molecule has 2 aliphatic heterocycles. The summed E-state index contributed by atoms with van der Waals surface area (Å²) in [5.41, 5.74) is 2.18. The molecule has 2 saturated heterocycles. The molecule has 2 unspecified atom stereocenters. The minimum Gasteiger partial charge on any atom is -0.377 e. The van der Waals surface area contributed by atoms with Crippen LogP contribution in [0.4, 0.5) is 5.69 Å². The number of morpholine rings is 1. The Hall–Kier alpha value is -1.32. The molecule has 0 aliphatic carbocycles. The lowest BCUT2D eigenvalue weighted by Gasteiger charge is -2.37. The Bertz CT molecular complexity index is 615. The van der Waals surface area contributed by atoms with Gasteiger partial charge in [-0.05, 0) is 25.0 Å². The van der Waals surface area contributed by atoms with Crippen molar-refractivity contribution in [2.75, 3.05) is 18.1 Å². The molecule has 0 spiro atoms. The van der Waals surface area contributed by atoms with Crippen molar-refractivity contribution in [1.82, 2.24) is 4.98 Å². The van der Waals surface area contributed by atoms with Crippen LogP contribution in [0.5, 0.6) is 0 Å². The van der Waals surface area contributed by atoms with E-state index >= 15 is 0 Å². The topological polar surface area (TPSA) is 25.4 Å². The van der Waals surface area contributed by atoms with Crippen LogP contribution in [0.25, 0.3) is 10.9 Å².